The smallest absolute Gasteiger partial charge is 0.127 e. The van der Waals surface area contributed by atoms with Crippen LogP contribution in [0.2, 0.25) is 0 Å². The van der Waals surface area contributed by atoms with E-state index in [4.69, 9.17) is 10.2 Å². The van der Waals surface area contributed by atoms with E-state index < -0.39 is 0 Å². The van der Waals surface area contributed by atoms with Gasteiger partial charge in [0.2, 0.25) is 0 Å². The van der Waals surface area contributed by atoms with Crippen molar-refractivity contribution in [3.05, 3.63) is 53.5 Å². The van der Waals surface area contributed by atoms with Crippen LogP contribution in [0.3, 0.4) is 0 Å². The van der Waals surface area contributed by atoms with Crippen molar-refractivity contribution in [2.45, 2.75) is 19.9 Å². The van der Waals surface area contributed by atoms with Crippen molar-refractivity contribution in [3.63, 3.8) is 0 Å². The quantitative estimate of drug-likeness (QED) is 0.849. The number of hydrogen-bond donors (Lipinski definition) is 2. The molecule has 0 spiro atoms. The summed E-state index contributed by atoms with van der Waals surface area (Å²) in [6.45, 7) is 4.71. The Bertz CT molecular complexity index is 477. The van der Waals surface area contributed by atoms with Crippen LogP contribution >= 0.6 is 0 Å². The summed E-state index contributed by atoms with van der Waals surface area (Å²) >= 11 is 0. The first-order valence-electron chi connectivity index (χ1n) is 5.78. The second-order valence-corrected chi connectivity index (χ2v) is 4.20. The van der Waals surface area contributed by atoms with Crippen LogP contribution in [0.4, 0.5) is 5.69 Å². The summed E-state index contributed by atoms with van der Waals surface area (Å²) in [5.74, 6) is 0.869. The molecular weight excluding hydrogens is 212 g/mol. The number of furan rings is 1. The number of nitrogens with one attached hydrogen (secondary N) is 1. The van der Waals surface area contributed by atoms with Gasteiger partial charge in [0.1, 0.15) is 5.76 Å². The van der Waals surface area contributed by atoms with Crippen LogP contribution in [0.15, 0.2) is 41.0 Å². The molecule has 1 aromatic carbocycles. The Balaban J connectivity index is 2.22. The summed E-state index contributed by atoms with van der Waals surface area (Å²) in [6.07, 6.45) is 1.67. The van der Waals surface area contributed by atoms with Crippen LogP contribution in [-0.4, -0.2) is 6.54 Å². The molecule has 0 radical (unpaired) electrons. The topological polar surface area (TPSA) is 51.2 Å². The van der Waals surface area contributed by atoms with E-state index in [1.165, 1.54) is 11.1 Å². The van der Waals surface area contributed by atoms with E-state index >= 15 is 0 Å². The average molecular weight is 230 g/mol. The Morgan fingerprint density at radius 3 is 2.71 bits per heavy atom. The average Bonchev–Trinajstić information content (AvgIpc) is 2.85. The Labute approximate surface area is 102 Å². The van der Waals surface area contributed by atoms with Crippen LogP contribution in [0.5, 0.6) is 0 Å². The number of anilines is 1. The zero-order chi connectivity index (χ0) is 12.3. The monoisotopic (exact) mass is 230 g/mol. The van der Waals surface area contributed by atoms with Gasteiger partial charge in [-0.1, -0.05) is 12.1 Å². The zero-order valence-electron chi connectivity index (χ0n) is 10.2. The highest BCUT2D eigenvalue weighted by Gasteiger charge is 2.13. The van der Waals surface area contributed by atoms with Crippen LogP contribution in [-0.2, 0) is 0 Å². The molecule has 0 saturated heterocycles. The summed E-state index contributed by atoms with van der Waals surface area (Å²) in [5, 5.41) is 3.42. The Morgan fingerprint density at radius 2 is 2.06 bits per heavy atom. The highest BCUT2D eigenvalue weighted by Crippen LogP contribution is 2.23. The van der Waals surface area contributed by atoms with Gasteiger partial charge in [-0.2, -0.15) is 0 Å². The molecule has 1 heterocycles. The lowest BCUT2D eigenvalue weighted by molar-refractivity contribution is 0.481. The molecule has 17 heavy (non-hydrogen) atoms. The van der Waals surface area contributed by atoms with Crippen molar-refractivity contribution < 1.29 is 4.42 Å². The Hall–Kier alpha value is -1.74. The molecule has 3 nitrogen and oxygen atoms in total. The van der Waals surface area contributed by atoms with Crippen molar-refractivity contribution >= 4 is 5.69 Å². The molecule has 0 fully saturated rings. The summed E-state index contributed by atoms with van der Waals surface area (Å²) in [4.78, 5) is 0. The summed E-state index contributed by atoms with van der Waals surface area (Å²) in [7, 11) is 0. The number of aryl methyl sites for hydroxylation is 1. The Morgan fingerprint density at radius 1 is 1.24 bits per heavy atom. The molecule has 0 saturated carbocycles. The predicted octanol–water partition coefficient (Wildman–Crippen LogP) is 3.01. The molecule has 0 bridgehead atoms. The molecule has 3 heteroatoms. The van der Waals surface area contributed by atoms with Crippen molar-refractivity contribution in [1.82, 2.24) is 0 Å². The van der Waals surface area contributed by atoms with Crippen LogP contribution < -0.4 is 11.1 Å². The van der Waals surface area contributed by atoms with Crippen LogP contribution in [0.25, 0.3) is 0 Å². The maximum atomic E-state index is 5.78. The SMILES string of the molecule is Cc1cccc(NC(CN)c2ccco2)c1C. The third kappa shape index (κ3) is 2.50. The number of hydrogen-bond acceptors (Lipinski definition) is 3. The largest absolute Gasteiger partial charge is 0.467 e. The second-order valence-electron chi connectivity index (χ2n) is 4.20. The fraction of sp³-hybridized carbons (Fsp3) is 0.286. The predicted molar refractivity (Wildman–Crippen MR) is 70.0 cm³/mol. The lowest BCUT2D eigenvalue weighted by Gasteiger charge is -2.18. The van der Waals surface area contributed by atoms with Gasteiger partial charge in [0.25, 0.3) is 0 Å². The van der Waals surface area contributed by atoms with Crippen molar-refractivity contribution in [2.24, 2.45) is 5.73 Å². The highest BCUT2D eigenvalue weighted by molar-refractivity contribution is 5.54. The van der Waals surface area contributed by atoms with Gasteiger partial charge in [-0.25, -0.2) is 0 Å². The Kier molecular flexibility index (Phi) is 3.49. The van der Waals surface area contributed by atoms with E-state index in [9.17, 15) is 0 Å². The first-order valence-corrected chi connectivity index (χ1v) is 5.78. The molecule has 0 aliphatic heterocycles. The molecule has 2 aromatic rings. The maximum absolute atomic E-state index is 5.78. The lowest BCUT2D eigenvalue weighted by atomic mass is 10.1. The van der Waals surface area contributed by atoms with Gasteiger partial charge < -0.3 is 15.5 Å². The van der Waals surface area contributed by atoms with Crippen molar-refractivity contribution in [2.75, 3.05) is 11.9 Å². The zero-order valence-corrected chi connectivity index (χ0v) is 10.2. The summed E-state index contributed by atoms with van der Waals surface area (Å²) in [5.41, 5.74) is 9.40. The van der Waals surface area contributed by atoms with Gasteiger partial charge >= 0.3 is 0 Å². The minimum atomic E-state index is 0.0190. The van der Waals surface area contributed by atoms with Gasteiger partial charge in [-0.3, -0.25) is 0 Å². The van der Waals surface area contributed by atoms with E-state index in [0.717, 1.165) is 11.4 Å². The van der Waals surface area contributed by atoms with Gasteiger partial charge in [0.15, 0.2) is 0 Å². The van der Waals surface area contributed by atoms with E-state index in [1.54, 1.807) is 6.26 Å². The van der Waals surface area contributed by atoms with Crippen molar-refractivity contribution in [1.29, 1.82) is 0 Å². The minimum absolute atomic E-state index is 0.0190. The van der Waals surface area contributed by atoms with E-state index in [1.807, 2.05) is 18.2 Å². The highest BCUT2D eigenvalue weighted by atomic mass is 16.3. The summed E-state index contributed by atoms with van der Waals surface area (Å²) < 4.78 is 5.39. The first kappa shape index (κ1) is 11.7. The van der Waals surface area contributed by atoms with E-state index in [2.05, 4.69) is 31.3 Å². The number of rotatable bonds is 4. The normalized spacial score (nSPS) is 12.4. The van der Waals surface area contributed by atoms with Gasteiger partial charge in [-0.15, -0.1) is 0 Å². The van der Waals surface area contributed by atoms with E-state index in [0.29, 0.717) is 6.54 Å². The first-order chi connectivity index (χ1) is 8.22. The van der Waals surface area contributed by atoms with Crippen molar-refractivity contribution in [3.8, 4) is 0 Å². The maximum Gasteiger partial charge on any atom is 0.127 e. The molecule has 2 rings (SSSR count). The van der Waals surface area contributed by atoms with E-state index in [-0.39, 0.29) is 6.04 Å². The molecule has 0 aliphatic carbocycles. The summed E-state index contributed by atoms with van der Waals surface area (Å²) in [6, 6.07) is 10.0. The molecule has 0 aliphatic rings. The second kappa shape index (κ2) is 5.06. The van der Waals surface area contributed by atoms with Crippen LogP contribution in [0.1, 0.15) is 22.9 Å². The molecule has 3 N–H and O–H groups in total. The van der Waals surface area contributed by atoms with Gasteiger partial charge in [-0.05, 0) is 43.2 Å². The minimum Gasteiger partial charge on any atom is -0.467 e. The molecule has 0 amide bonds. The third-order valence-electron chi connectivity index (χ3n) is 3.06. The lowest BCUT2D eigenvalue weighted by Crippen LogP contribution is -2.20. The molecule has 90 valence electrons. The fourth-order valence-corrected chi connectivity index (χ4v) is 1.83. The fourth-order valence-electron chi connectivity index (χ4n) is 1.83. The molecule has 1 aromatic heterocycles. The molecule has 1 unspecified atom stereocenters. The standard InChI is InChI=1S/C14H18N2O/c1-10-5-3-6-12(11(10)2)16-13(9-15)14-7-4-8-17-14/h3-8,13,16H,9,15H2,1-2H3. The van der Waals surface area contributed by atoms with Gasteiger partial charge in [0.05, 0.1) is 12.3 Å². The third-order valence-corrected chi connectivity index (χ3v) is 3.06. The molecular formula is C14H18N2O. The number of nitrogens with two attached hydrogens (primary N) is 1. The number of benzene rings is 1. The molecule has 1 atom stereocenters. The van der Waals surface area contributed by atoms with Crippen LogP contribution in [0, 0.1) is 13.8 Å². The van der Waals surface area contributed by atoms with Gasteiger partial charge in [0, 0.05) is 12.2 Å².